The van der Waals surface area contributed by atoms with Crippen molar-refractivity contribution < 1.29 is 4.39 Å². The van der Waals surface area contributed by atoms with E-state index in [2.05, 4.69) is 17.1 Å². The fourth-order valence-corrected chi connectivity index (χ4v) is 2.03. The zero-order valence-corrected chi connectivity index (χ0v) is 10.3. The summed E-state index contributed by atoms with van der Waals surface area (Å²) in [7, 11) is 0. The number of rotatable bonds is 2. The number of hydrogen-bond acceptors (Lipinski definition) is 1. The van der Waals surface area contributed by atoms with Gasteiger partial charge in [-0.05, 0) is 17.2 Å². The Bertz CT molecular complexity index is 675. The van der Waals surface area contributed by atoms with Crippen molar-refractivity contribution in [3.63, 3.8) is 0 Å². The molecule has 2 heteroatoms. The van der Waals surface area contributed by atoms with Gasteiger partial charge in [0.15, 0.2) is 0 Å². The highest BCUT2D eigenvalue weighted by molar-refractivity contribution is 5.68. The summed E-state index contributed by atoms with van der Waals surface area (Å²) in [6.07, 6.45) is 1.48. The van der Waals surface area contributed by atoms with Crippen LogP contribution < -0.4 is 0 Å². The van der Waals surface area contributed by atoms with Gasteiger partial charge in [-0.15, -0.1) is 0 Å². The highest BCUT2D eigenvalue weighted by Crippen LogP contribution is 2.23. The number of benzene rings is 2. The first kappa shape index (κ1) is 11.6. The molecule has 0 N–H and O–H groups in total. The van der Waals surface area contributed by atoms with Crippen LogP contribution in [0.5, 0.6) is 0 Å². The molecule has 92 valence electrons. The molecule has 3 aromatic rings. The average molecular weight is 249 g/mol. The molecule has 0 aliphatic heterocycles. The van der Waals surface area contributed by atoms with E-state index >= 15 is 0 Å². The Hall–Kier alpha value is -2.48. The van der Waals surface area contributed by atoms with E-state index in [1.54, 1.807) is 0 Å². The Kier molecular flexibility index (Phi) is 3.07. The van der Waals surface area contributed by atoms with Gasteiger partial charge in [0.1, 0.15) is 5.82 Å². The van der Waals surface area contributed by atoms with E-state index in [1.807, 2.05) is 42.5 Å². The molecule has 2 aromatic carbocycles. The number of nitrogens with zero attached hydrogens (tertiary/aromatic N) is 1. The van der Waals surface area contributed by atoms with Gasteiger partial charge >= 0.3 is 0 Å². The molecular formula is C17H12FN. The van der Waals surface area contributed by atoms with Crippen molar-refractivity contribution in [1.82, 2.24) is 4.98 Å². The van der Waals surface area contributed by atoms with Crippen molar-refractivity contribution in [2.24, 2.45) is 0 Å². The van der Waals surface area contributed by atoms with E-state index < -0.39 is 0 Å². The maximum absolute atomic E-state index is 13.2. The molecule has 0 aliphatic rings. The van der Waals surface area contributed by atoms with Gasteiger partial charge in [-0.2, -0.15) is 0 Å². The Labute approximate surface area is 111 Å². The predicted molar refractivity (Wildman–Crippen MR) is 75.1 cm³/mol. The third-order valence-electron chi connectivity index (χ3n) is 3.01. The zero-order valence-electron chi connectivity index (χ0n) is 10.3. The molecule has 0 atom stereocenters. The molecule has 0 spiro atoms. The van der Waals surface area contributed by atoms with Crippen molar-refractivity contribution in [1.29, 1.82) is 0 Å². The molecule has 3 rings (SSSR count). The summed E-state index contributed by atoms with van der Waals surface area (Å²) in [6, 6.07) is 20.9. The smallest absolute Gasteiger partial charge is 0.126 e. The molecule has 0 aliphatic carbocycles. The van der Waals surface area contributed by atoms with E-state index in [-0.39, 0.29) is 5.82 Å². The topological polar surface area (TPSA) is 12.9 Å². The van der Waals surface area contributed by atoms with Gasteiger partial charge in [0.25, 0.3) is 0 Å². The average Bonchev–Trinajstić information content (AvgIpc) is 2.48. The van der Waals surface area contributed by atoms with Crippen molar-refractivity contribution in [2.75, 3.05) is 0 Å². The standard InChI is InChI=1S/C17H12FN/c18-16-10-11-19-17(12-16)15-8-6-14(7-9-15)13-4-2-1-3-5-13/h1-12H. The van der Waals surface area contributed by atoms with Crippen LogP contribution in [0.2, 0.25) is 0 Å². The molecule has 0 amide bonds. The van der Waals surface area contributed by atoms with Crippen molar-refractivity contribution in [3.05, 3.63) is 78.7 Å². The second kappa shape index (κ2) is 5.02. The summed E-state index contributed by atoms with van der Waals surface area (Å²) in [5.74, 6) is -0.267. The highest BCUT2D eigenvalue weighted by Gasteiger charge is 2.02. The van der Waals surface area contributed by atoms with Crippen LogP contribution in [0.3, 0.4) is 0 Å². The normalized spacial score (nSPS) is 10.4. The highest BCUT2D eigenvalue weighted by atomic mass is 19.1. The maximum atomic E-state index is 13.2. The second-order valence-corrected chi connectivity index (χ2v) is 4.30. The maximum Gasteiger partial charge on any atom is 0.126 e. The summed E-state index contributed by atoms with van der Waals surface area (Å²) in [4.78, 5) is 4.17. The zero-order chi connectivity index (χ0) is 13.1. The summed E-state index contributed by atoms with van der Waals surface area (Å²) >= 11 is 0. The molecule has 1 heterocycles. The SMILES string of the molecule is Fc1ccnc(-c2ccc(-c3ccccc3)cc2)c1. The summed E-state index contributed by atoms with van der Waals surface area (Å²) < 4.78 is 13.2. The molecule has 0 saturated carbocycles. The van der Waals surface area contributed by atoms with E-state index in [0.29, 0.717) is 5.69 Å². The summed E-state index contributed by atoms with van der Waals surface area (Å²) in [5.41, 5.74) is 3.88. The molecule has 0 bridgehead atoms. The van der Waals surface area contributed by atoms with Crippen LogP contribution in [0.1, 0.15) is 0 Å². The first-order valence-electron chi connectivity index (χ1n) is 6.10. The Morgan fingerprint density at radius 1 is 0.684 bits per heavy atom. The van der Waals surface area contributed by atoms with Crippen LogP contribution in [-0.4, -0.2) is 4.98 Å². The molecular weight excluding hydrogens is 237 g/mol. The van der Waals surface area contributed by atoms with Crippen LogP contribution in [-0.2, 0) is 0 Å². The Morgan fingerprint density at radius 3 is 2.00 bits per heavy atom. The van der Waals surface area contributed by atoms with E-state index in [0.717, 1.165) is 11.1 Å². The lowest BCUT2D eigenvalue weighted by molar-refractivity contribution is 0.626. The summed E-state index contributed by atoms with van der Waals surface area (Å²) in [5, 5.41) is 0. The third-order valence-corrected chi connectivity index (χ3v) is 3.01. The van der Waals surface area contributed by atoms with Crippen LogP contribution >= 0.6 is 0 Å². The van der Waals surface area contributed by atoms with Crippen molar-refractivity contribution >= 4 is 0 Å². The van der Waals surface area contributed by atoms with Gasteiger partial charge < -0.3 is 0 Å². The number of pyridine rings is 1. The van der Waals surface area contributed by atoms with E-state index in [9.17, 15) is 4.39 Å². The second-order valence-electron chi connectivity index (χ2n) is 4.30. The first-order valence-corrected chi connectivity index (χ1v) is 6.10. The molecule has 0 unspecified atom stereocenters. The van der Waals surface area contributed by atoms with Crippen LogP contribution in [0.25, 0.3) is 22.4 Å². The van der Waals surface area contributed by atoms with Crippen LogP contribution in [0, 0.1) is 5.82 Å². The molecule has 0 radical (unpaired) electrons. The quantitative estimate of drug-likeness (QED) is 0.649. The Morgan fingerprint density at radius 2 is 1.32 bits per heavy atom. The lowest BCUT2D eigenvalue weighted by Crippen LogP contribution is -1.85. The fourth-order valence-electron chi connectivity index (χ4n) is 2.03. The predicted octanol–water partition coefficient (Wildman–Crippen LogP) is 4.55. The number of halogens is 1. The minimum absolute atomic E-state index is 0.267. The monoisotopic (exact) mass is 249 g/mol. The number of aromatic nitrogens is 1. The molecule has 19 heavy (non-hydrogen) atoms. The van der Waals surface area contributed by atoms with E-state index in [4.69, 9.17) is 0 Å². The lowest BCUT2D eigenvalue weighted by Gasteiger charge is -2.04. The summed E-state index contributed by atoms with van der Waals surface area (Å²) in [6.45, 7) is 0. The van der Waals surface area contributed by atoms with Gasteiger partial charge in [0, 0.05) is 17.8 Å². The fraction of sp³-hybridized carbons (Fsp3) is 0. The van der Waals surface area contributed by atoms with Gasteiger partial charge in [-0.3, -0.25) is 4.98 Å². The molecule has 1 aromatic heterocycles. The lowest BCUT2D eigenvalue weighted by atomic mass is 10.0. The van der Waals surface area contributed by atoms with Gasteiger partial charge in [-0.1, -0.05) is 54.6 Å². The third kappa shape index (κ3) is 2.52. The number of hydrogen-bond donors (Lipinski definition) is 0. The van der Waals surface area contributed by atoms with Gasteiger partial charge in [-0.25, -0.2) is 4.39 Å². The van der Waals surface area contributed by atoms with E-state index in [1.165, 1.54) is 23.9 Å². The van der Waals surface area contributed by atoms with Gasteiger partial charge in [0.05, 0.1) is 5.69 Å². The minimum atomic E-state index is -0.267. The largest absolute Gasteiger partial charge is 0.256 e. The Balaban J connectivity index is 1.95. The molecule has 0 saturated heterocycles. The van der Waals surface area contributed by atoms with Crippen LogP contribution in [0.15, 0.2) is 72.9 Å². The molecule has 1 nitrogen and oxygen atoms in total. The van der Waals surface area contributed by atoms with Crippen LogP contribution in [0.4, 0.5) is 4.39 Å². The first-order chi connectivity index (χ1) is 9.33. The van der Waals surface area contributed by atoms with Crippen molar-refractivity contribution in [3.8, 4) is 22.4 Å². The molecule has 0 fully saturated rings. The van der Waals surface area contributed by atoms with Crippen molar-refractivity contribution in [2.45, 2.75) is 0 Å². The van der Waals surface area contributed by atoms with Gasteiger partial charge in [0.2, 0.25) is 0 Å². The minimum Gasteiger partial charge on any atom is -0.256 e.